The molecule has 0 saturated carbocycles. The molecule has 2 rings (SSSR count). The van der Waals surface area contributed by atoms with Crippen LogP contribution in [0.25, 0.3) is 11.1 Å². The minimum absolute atomic E-state index is 0.272. The Bertz CT molecular complexity index is 493. The first kappa shape index (κ1) is 13.6. The number of benzene rings is 2. The fraction of sp³-hybridized carbons (Fsp3) is 0.200. The molecule has 0 fully saturated rings. The van der Waals surface area contributed by atoms with Gasteiger partial charge in [-0.15, -0.1) is 11.6 Å². The van der Waals surface area contributed by atoms with Gasteiger partial charge >= 0.3 is 0 Å². The Morgan fingerprint density at radius 1 is 0.944 bits per heavy atom. The smallest absolute Gasteiger partial charge is 0.0715 e. The minimum Gasteiger partial charge on any atom is -0.392 e. The molecule has 0 aliphatic heterocycles. The van der Waals surface area contributed by atoms with Gasteiger partial charge in [0.2, 0.25) is 0 Å². The van der Waals surface area contributed by atoms with Crippen molar-refractivity contribution in [1.82, 2.24) is 0 Å². The molecular formula is C15H14BrClO. The van der Waals surface area contributed by atoms with Crippen LogP contribution in [0.2, 0.25) is 0 Å². The van der Waals surface area contributed by atoms with Gasteiger partial charge in [-0.1, -0.05) is 52.3 Å². The third-order valence-electron chi connectivity index (χ3n) is 2.78. The molecular weight excluding hydrogens is 312 g/mol. The summed E-state index contributed by atoms with van der Waals surface area (Å²) in [5.41, 5.74) is 3.46. The second-order valence-corrected chi connectivity index (χ2v) is 5.44. The number of rotatable bonds is 4. The Morgan fingerprint density at radius 2 is 1.44 bits per heavy atom. The molecule has 3 heteroatoms. The summed E-state index contributed by atoms with van der Waals surface area (Å²) in [4.78, 5) is 0. The van der Waals surface area contributed by atoms with Crippen molar-refractivity contribution in [3.05, 3.63) is 58.6 Å². The Hall–Kier alpha value is -0.830. The van der Waals surface area contributed by atoms with Crippen LogP contribution in [-0.4, -0.2) is 17.1 Å². The van der Waals surface area contributed by atoms with Crippen LogP contribution in [0.15, 0.2) is 53.0 Å². The van der Waals surface area contributed by atoms with Crippen LogP contribution in [0.5, 0.6) is 0 Å². The molecule has 94 valence electrons. The monoisotopic (exact) mass is 324 g/mol. The molecule has 1 unspecified atom stereocenters. The Labute approximate surface area is 121 Å². The summed E-state index contributed by atoms with van der Waals surface area (Å²) in [6, 6.07) is 16.4. The van der Waals surface area contributed by atoms with E-state index in [4.69, 9.17) is 11.6 Å². The third kappa shape index (κ3) is 3.58. The molecule has 0 saturated heterocycles. The van der Waals surface area contributed by atoms with Crippen molar-refractivity contribution in [2.24, 2.45) is 0 Å². The van der Waals surface area contributed by atoms with E-state index in [0.717, 1.165) is 10.0 Å². The zero-order valence-electron chi connectivity index (χ0n) is 9.81. The molecule has 0 bridgehead atoms. The summed E-state index contributed by atoms with van der Waals surface area (Å²) >= 11 is 9.01. The van der Waals surface area contributed by atoms with Gasteiger partial charge in [-0.05, 0) is 35.2 Å². The summed E-state index contributed by atoms with van der Waals surface area (Å²) in [6.07, 6.45) is 0.134. The molecule has 0 aliphatic rings. The predicted molar refractivity (Wildman–Crippen MR) is 80.0 cm³/mol. The number of aliphatic hydroxyl groups excluding tert-OH is 1. The van der Waals surface area contributed by atoms with Crippen LogP contribution >= 0.6 is 27.5 Å². The van der Waals surface area contributed by atoms with E-state index >= 15 is 0 Å². The van der Waals surface area contributed by atoms with Gasteiger partial charge in [0, 0.05) is 10.4 Å². The molecule has 0 aliphatic carbocycles. The molecule has 2 aromatic carbocycles. The first-order valence-electron chi connectivity index (χ1n) is 5.78. The largest absolute Gasteiger partial charge is 0.392 e. The third-order valence-corrected chi connectivity index (χ3v) is 3.67. The van der Waals surface area contributed by atoms with Crippen molar-refractivity contribution in [1.29, 1.82) is 0 Å². The SMILES string of the molecule is OC(CCl)Cc1ccc(-c2ccc(Br)cc2)cc1. The van der Waals surface area contributed by atoms with Crippen molar-refractivity contribution in [2.45, 2.75) is 12.5 Å². The summed E-state index contributed by atoms with van der Waals surface area (Å²) in [6.45, 7) is 0. The van der Waals surface area contributed by atoms with E-state index < -0.39 is 6.10 Å². The highest BCUT2D eigenvalue weighted by molar-refractivity contribution is 9.10. The van der Waals surface area contributed by atoms with Crippen LogP contribution in [0.1, 0.15) is 5.56 Å². The maximum Gasteiger partial charge on any atom is 0.0715 e. The summed E-state index contributed by atoms with van der Waals surface area (Å²) in [5, 5.41) is 9.49. The quantitative estimate of drug-likeness (QED) is 0.833. The van der Waals surface area contributed by atoms with Crippen molar-refractivity contribution in [2.75, 3.05) is 5.88 Å². The fourth-order valence-electron chi connectivity index (χ4n) is 1.80. The average molecular weight is 326 g/mol. The highest BCUT2D eigenvalue weighted by Crippen LogP contribution is 2.22. The number of hydrogen-bond donors (Lipinski definition) is 1. The Balaban J connectivity index is 2.14. The van der Waals surface area contributed by atoms with Crippen molar-refractivity contribution in [3.63, 3.8) is 0 Å². The predicted octanol–water partition coefficient (Wildman–Crippen LogP) is 4.26. The molecule has 0 amide bonds. The molecule has 1 N–H and O–H groups in total. The van der Waals surface area contributed by atoms with E-state index in [1.165, 1.54) is 11.1 Å². The minimum atomic E-state index is -0.467. The molecule has 18 heavy (non-hydrogen) atoms. The van der Waals surface area contributed by atoms with Gasteiger partial charge in [-0.3, -0.25) is 0 Å². The summed E-state index contributed by atoms with van der Waals surface area (Å²) in [5.74, 6) is 0.272. The Morgan fingerprint density at radius 3 is 1.94 bits per heavy atom. The average Bonchev–Trinajstić information content (AvgIpc) is 2.40. The molecule has 1 atom stereocenters. The molecule has 1 nitrogen and oxygen atoms in total. The van der Waals surface area contributed by atoms with Crippen LogP contribution in [0.4, 0.5) is 0 Å². The van der Waals surface area contributed by atoms with E-state index in [2.05, 4.69) is 40.2 Å². The lowest BCUT2D eigenvalue weighted by Crippen LogP contribution is -2.11. The lowest BCUT2D eigenvalue weighted by molar-refractivity contribution is 0.199. The maximum absolute atomic E-state index is 9.49. The number of hydrogen-bond acceptors (Lipinski definition) is 1. The van der Waals surface area contributed by atoms with Crippen molar-refractivity contribution < 1.29 is 5.11 Å². The van der Waals surface area contributed by atoms with Gasteiger partial charge in [-0.25, -0.2) is 0 Å². The highest BCUT2D eigenvalue weighted by atomic mass is 79.9. The highest BCUT2D eigenvalue weighted by Gasteiger charge is 2.04. The second-order valence-electron chi connectivity index (χ2n) is 4.22. The van der Waals surface area contributed by atoms with Crippen LogP contribution in [0.3, 0.4) is 0 Å². The number of halogens is 2. The second kappa shape index (κ2) is 6.37. The normalized spacial score (nSPS) is 12.4. The lowest BCUT2D eigenvalue weighted by Gasteiger charge is -2.08. The molecule has 2 aromatic rings. The van der Waals surface area contributed by atoms with Gasteiger partial charge in [0.1, 0.15) is 0 Å². The van der Waals surface area contributed by atoms with Crippen LogP contribution < -0.4 is 0 Å². The summed E-state index contributed by atoms with van der Waals surface area (Å²) in [7, 11) is 0. The van der Waals surface area contributed by atoms with E-state index in [1.807, 2.05) is 24.3 Å². The summed E-state index contributed by atoms with van der Waals surface area (Å²) < 4.78 is 1.08. The standard InChI is InChI=1S/C15H14BrClO/c16-14-7-5-13(6-8-14)12-3-1-11(2-4-12)9-15(18)10-17/h1-8,15,18H,9-10H2. The first-order chi connectivity index (χ1) is 8.69. The van der Waals surface area contributed by atoms with Gasteiger partial charge in [0.15, 0.2) is 0 Å². The zero-order valence-corrected chi connectivity index (χ0v) is 12.2. The van der Waals surface area contributed by atoms with E-state index in [9.17, 15) is 5.11 Å². The van der Waals surface area contributed by atoms with E-state index in [1.54, 1.807) is 0 Å². The zero-order chi connectivity index (χ0) is 13.0. The fourth-order valence-corrected chi connectivity index (χ4v) is 2.18. The lowest BCUT2D eigenvalue weighted by atomic mass is 10.0. The molecule has 0 radical (unpaired) electrons. The number of alkyl halides is 1. The molecule has 0 aromatic heterocycles. The van der Waals surface area contributed by atoms with Crippen LogP contribution in [-0.2, 0) is 6.42 Å². The van der Waals surface area contributed by atoms with Crippen molar-refractivity contribution in [3.8, 4) is 11.1 Å². The maximum atomic E-state index is 9.49. The topological polar surface area (TPSA) is 20.2 Å². The van der Waals surface area contributed by atoms with Crippen LogP contribution in [0, 0.1) is 0 Å². The van der Waals surface area contributed by atoms with Gasteiger partial charge in [0.25, 0.3) is 0 Å². The van der Waals surface area contributed by atoms with E-state index in [0.29, 0.717) is 6.42 Å². The van der Waals surface area contributed by atoms with Crippen molar-refractivity contribution >= 4 is 27.5 Å². The first-order valence-corrected chi connectivity index (χ1v) is 7.10. The van der Waals surface area contributed by atoms with Gasteiger partial charge < -0.3 is 5.11 Å². The van der Waals surface area contributed by atoms with E-state index in [-0.39, 0.29) is 5.88 Å². The Kier molecular flexibility index (Phi) is 4.81. The van der Waals surface area contributed by atoms with Gasteiger partial charge in [-0.2, -0.15) is 0 Å². The molecule has 0 heterocycles. The number of aliphatic hydroxyl groups is 1. The van der Waals surface area contributed by atoms with Gasteiger partial charge in [0.05, 0.1) is 6.10 Å². The molecule has 0 spiro atoms.